The monoisotopic (exact) mass is 270 g/mol. The Kier molecular flexibility index (Phi) is 7.27. The molecule has 0 fully saturated rings. The Labute approximate surface area is 113 Å². The standard InChI is InChI=1S/C13H22N2O2S/c1-3-5-14-10(2)11-4-6-15-13(7-11)18-9-12(17)8-16/h4,6-7,10,12,14,16-17H,3,5,8-9H2,1-2H3. The normalized spacial score (nSPS) is 14.4. The van der Waals surface area contributed by atoms with Crippen LogP contribution in [-0.4, -0.2) is 40.2 Å². The van der Waals surface area contributed by atoms with E-state index < -0.39 is 6.10 Å². The highest BCUT2D eigenvalue weighted by Gasteiger charge is 2.07. The average molecular weight is 270 g/mol. The summed E-state index contributed by atoms with van der Waals surface area (Å²) in [6, 6.07) is 4.33. The molecule has 4 nitrogen and oxygen atoms in total. The predicted molar refractivity (Wildman–Crippen MR) is 74.8 cm³/mol. The molecule has 1 rings (SSSR count). The van der Waals surface area contributed by atoms with E-state index >= 15 is 0 Å². The van der Waals surface area contributed by atoms with Crippen LogP contribution >= 0.6 is 11.8 Å². The average Bonchev–Trinajstić information content (AvgIpc) is 2.42. The molecule has 2 atom stereocenters. The van der Waals surface area contributed by atoms with Gasteiger partial charge in [0, 0.05) is 18.0 Å². The number of thioether (sulfide) groups is 1. The Morgan fingerprint density at radius 3 is 2.94 bits per heavy atom. The van der Waals surface area contributed by atoms with Crippen molar-refractivity contribution >= 4 is 11.8 Å². The van der Waals surface area contributed by atoms with Crippen molar-refractivity contribution < 1.29 is 10.2 Å². The lowest BCUT2D eigenvalue weighted by atomic mass is 10.1. The molecule has 0 radical (unpaired) electrons. The van der Waals surface area contributed by atoms with Crippen LogP contribution in [0.3, 0.4) is 0 Å². The highest BCUT2D eigenvalue weighted by molar-refractivity contribution is 7.99. The van der Waals surface area contributed by atoms with Gasteiger partial charge in [-0.1, -0.05) is 6.92 Å². The molecule has 0 aliphatic heterocycles. The Morgan fingerprint density at radius 1 is 1.50 bits per heavy atom. The SMILES string of the molecule is CCCNC(C)c1ccnc(SCC(O)CO)c1. The molecular weight excluding hydrogens is 248 g/mol. The third-order valence-electron chi connectivity index (χ3n) is 2.59. The second kappa shape index (κ2) is 8.48. The summed E-state index contributed by atoms with van der Waals surface area (Å²) in [6.07, 6.45) is 2.21. The van der Waals surface area contributed by atoms with Crippen LogP contribution in [0.2, 0.25) is 0 Å². The molecule has 1 heterocycles. The van der Waals surface area contributed by atoms with Crippen LogP contribution in [-0.2, 0) is 0 Å². The van der Waals surface area contributed by atoms with E-state index in [1.165, 1.54) is 17.3 Å². The van der Waals surface area contributed by atoms with Crippen molar-refractivity contribution in [3.63, 3.8) is 0 Å². The first-order valence-corrected chi connectivity index (χ1v) is 7.27. The number of aliphatic hydroxyl groups is 2. The van der Waals surface area contributed by atoms with Crippen molar-refractivity contribution in [1.29, 1.82) is 0 Å². The molecular formula is C13H22N2O2S. The van der Waals surface area contributed by atoms with Crippen molar-refractivity contribution in [3.05, 3.63) is 23.9 Å². The van der Waals surface area contributed by atoms with Gasteiger partial charge >= 0.3 is 0 Å². The van der Waals surface area contributed by atoms with Crippen LogP contribution in [0.4, 0.5) is 0 Å². The topological polar surface area (TPSA) is 65.4 Å². The van der Waals surface area contributed by atoms with Crippen molar-refractivity contribution in [2.45, 2.75) is 37.4 Å². The van der Waals surface area contributed by atoms with E-state index in [9.17, 15) is 5.11 Å². The lowest BCUT2D eigenvalue weighted by Gasteiger charge is -2.14. The van der Waals surface area contributed by atoms with E-state index in [0.29, 0.717) is 11.8 Å². The number of rotatable bonds is 8. The summed E-state index contributed by atoms with van der Waals surface area (Å²) in [5.74, 6) is 0.462. The fourth-order valence-corrected chi connectivity index (χ4v) is 2.31. The molecule has 0 saturated carbocycles. The fourth-order valence-electron chi connectivity index (χ4n) is 1.49. The number of nitrogens with zero attached hydrogens (tertiary/aromatic N) is 1. The number of hydrogen-bond donors (Lipinski definition) is 3. The van der Waals surface area contributed by atoms with Gasteiger partial charge in [-0.25, -0.2) is 4.98 Å². The van der Waals surface area contributed by atoms with E-state index in [1.54, 1.807) is 6.20 Å². The quantitative estimate of drug-likeness (QED) is 0.626. The molecule has 0 bridgehead atoms. The molecule has 0 saturated heterocycles. The van der Waals surface area contributed by atoms with Gasteiger partial charge in [-0.15, -0.1) is 11.8 Å². The van der Waals surface area contributed by atoms with Crippen LogP contribution in [0.15, 0.2) is 23.4 Å². The molecule has 3 N–H and O–H groups in total. The van der Waals surface area contributed by atoms with E-state index in [4.69, 9.17) is 5.11 Å². The van der Waals surface area contributed by atoms with Gasteiger partial charge in [0.05, 0.1) is 17.7 Å². The summed E-state index contributed by atoms with van der Waals surface area (Å²) in [7, 11) is 0. The lowest BCUT2D eigenvalue weighted by Crippen LogP contribution is -2.19. The Bertz CT molecular complexity index is 350. The number of aliphatic hydroxyl groups excluding tert-OH is 2. The van der Waals surface area contributed by atoms with Gasteiger partial charge in [-0.2, -0.15) is 0 Å². The minimum atomic E-state index is -0.684. The first-order valence-electron chi connectivity index (χ1n) is 6.28. The van der Waals surface area contributed by atoms with Crippen LogP contribution in [0.1, 0.15) is 31.9 Å². The third kappa shape index (κ3) is 5.35. The van der Waals surface area contributed by atoms with Crippen molar-refractivity contribution in [1.82, 2.24) is 10.3 Å². The minimum absolute atomic E-state index is 0.207. The number of aromatic nitrogens is 1. The maximum Gasteiger partial charge on any atom is 0.0964 e. The second-order valence-electron chi connectivity index (χ2n) is 4.25. The van der Waals surface area contributed by atoms with Gasteiger partial charge in [0.2, 0.25) is 0 Å². The maximum absolute atomic E-state index is 9.30. The Balaban J connectivity index is 2.55. The van der Waals surface area contributed by atoms with Crippen LogP contribution in [0.25, 0.3) is 0 Å². The molecule has 1 aromatic heterocycles. The van der Waals surface area contributed by atoms with Gasteiger partial charge in [0.1, 0.15) is 0 Å². The molecule has 0 aliphatic carbocycles. The zero-order valence-electron chi connectivity index (χ0n) is 11.0. The number of pyridine rings is 1. The largest absolute Gasteiger partial charge is 0.394 e. The van der Waals surface area contributed by atoms with Crippen molar-refractivity contribution in [3.8, 4) is 0 Å². The number of hydrogen-bond acceptors (Lipinski definition) is 5. The van der Waals surface area contributed by atoms with E-state index in [1.807, 2.05) is 12.1 Å². The summed E-state index contributed by atoms with van der Waals surface area (Å²) < 4.78 is 0. The molecule has 0 spiro atoms. The van der Waals surface area contributed by atoms with Crippen LogP contribution in [0, 0.1) is 0 Å². The summed E-state index contributed by atoms with van der Waals surface area (Å²) >= 11 is 1.46. The smallest absolute Gasteiger partial charge is 0.0964 e. The molecule has 0 aliphatic rings. The van der Waals surface area contributed by atoms with Gasteiger partial charge in [0.25, 0.3) is 0 Å². The minimum Gasteiger partial charge on any atom is -0.394 e. The highest BCUT2D eigenvalue weighted by Crippen LogP contribution is 2.20. The fraction of sp³-hybridized carbons (Fsp3) is 0.615. The van der Waals surface area contributed by atoms with Crippen molar-refractivity contribution in [2.75, 3.05) is 18.9 Å². The zero-order valence-corrected chi connectivity index (χ0v) is 11.8. The molecule has 102 valence electrons. The molecule has 1 aromatic rings. The summed E-state index contributed by atoms with van der Waals surface area (Å²) in [5.41, 5.74) is 1.19. The third-order valence-corrected chi connectivity index (χ3v) is 3.66. The van der Waals surface area contributed by atoms with Gasteiger partial charge < -0.3 is 15.5 Å². The van der Waals surface area contributed by atoms with E-state index in [2.05, 4.69) is 24.1 Å². The van der Waals surface area contributed by atoms with Gasteiger partial charge in [-0.3, -0.25) is 0 Å². The maximum atomic E-state index is 9.30. The van der Waals surface area contributed by atoms with E-state index in [0.717, 1.165) is 18.0 Å². The summed E-state index contributed by atoms with van der Waals surface area (Å²) in [5, 5.41) is 22.4. The predicted octanol–water partition coefficient (Wildman–Crippen LogP) is 1.59. The molecule has 18 heavy (non-hydrogen) atoms. The number of nitrogens with one attached hydrogen (secondary N) is 1. The molecule has 0 amide bonds. The zero-order chi connectivity index (χ0) is 13.4. The molecule has 5 heteroatoms. The first kappa shape index (κ1) is 15.4. The Hall–Kier alpha value is -0.620. The lowest BCUT2D eigenvalue weighted by molar-refractivity contribution is 0.113. The second-order valence-corrected chi connectivity index (χ2v) is 5.29. The molecule has 0 aromatic carbocycles. The first-order chi connectivity index (χ1) is 8.67. The summed E-state index contributed by atoms with van der Waals surface area (Å²) in [6.45, 7) is 5.06. The summed E-state index contributed by atoms with van der Waals surface area (Å²) in [4.78, 5) is 4.25. The Morgan fingerprint density at radius 2 is 2.28 bits per heavy atom. The van der Waals surface area contributed by atoms with Crippen LogP contribution < -0.4 is 5.32 Å². The van der Waals surface area contributed by atoms with Crippen molar-refractivity contribution in [2.24, 2.45) is 0 Å². The van der Waals surface area contributed by atoms with Gasteiger partial charge in [-0.05, 0) is 37.6 Å². The molecule has 2 unspecified atom stereocenters. The van der Waals surface area contributed by atoms with E-state index in [-0.39, 0.29) is 6.61 Å². The van der Waals surface area contributed by atoms with Crippen LogP contribution in [0.5, 0.6) is 0 Å². The highest BCUT2D eigenvalue weighted by atomic mass is 32.2. The van der Waals surface area contributed by atoms with Gasteiger partial charge in [0.15, 0.2) is 0 Å².